The molecule has 7 heteroatoms. The highest BCUT2D eigenvalue weighted by Gasteiger charge is 2.10. The molecule has 0 aliphatic heterocycles. The van der Waals surface area contributed by atoms with E-state index in [1.165, 1.54) is 6.20 Å². The van der Waals surface area contributed by atoms with E-state index in [0.29, 0.717) is 20.6 Å². The fourth-order valence-electron chi connectivity index (χ4n) is 1.24. The molecule has 2 rings (SSSR count). The van der Waals surface area contributed by atoms with Gasteiger partial charge in [-0.05, 0) is 72.6 Å². The van der Waals surface area contributed by atoms with Crippen molar-refractivity contribution in [2.24, 2.45) is 0 Å². The summed E-state index contributed by atoms with van der Waals surface area (Å²) in [5.41, 5.74) is 0.582. The summed E-state index contributed by atoms with van der Waals surface area (Å²) in [4.78, 5) is 20.2. The van der Waals surface area contributed by atoms with E-state index in [4.69, 9.17) is 0 Å². The van der Waals surface area contributed by atoms with Crippen LogP contribution in [0.15, 0.2) is 39.7 Å². The first-order valence-electron chi connectivity index (χ1n) is 4.81. The van der Waals surface area contributed by atoms with Crippen LogP contribution in [0, 0.1) is 3.57 Å². The molecule has 0 spiro atoms. The lowest BCUT2D eigenvalue weighted by Gasteiger charge is -2.06. The third kappa shape index (κ3) is 3.48. The average molecular weight is 483 g/mol. The molecule has 0 fully saturated rings. The summed E-state index contributed by atoms with van der Waals surface area (Å²) in [7, 11) is 0. The number of carbonyl (C=O) groups excluding carboxylic acids is 1. The summed E-state index contributed by atoms with van der Waals surface area (Å²) in [6, 6.07) is 7.31. The van der Waals surface area contributed by atoms with Crippen LogP contribution in [0.1, 0.15) is 10.4 Å². The molecule has 1 aromatic carbocycles. The van der Waals surface area contributed by atoms with E-state index in [0.717, 1.165) is 3.57 Å². The van der Waals surface area contributed by atoms with Crippen LogP contribution in [-0.2, 0) is 0 Å². The molecule has 4 nitrogen and oxygen atoms in total. The Kier molecular flexibility index (Phi) is 4.68. The molecule has 2 aromatic rings. The highest BCUT2D eigenvalue weighted by Crippen LogP contribution is 2.20. The van der Waals surface area contributed by atoms with Crippen LogP contribution in [0.3, 0.4) is 0 Å². The molecule has 0 saturated carbocycles. The molecule has 0 unspecified atom stereocenters. The summed E-state index contributed by atoms with van der Waals surface area (Å²) >= 11 is 8.60. The second kappa shape index (κ2) is 6.07. The van der Waals surface area contributed by atoms with Crippen molar-refractivity contribution in [2.75, 3.05) is 5.32 Å². The van der Waals surface area contributed by atoms with Crippen molar-refractivity contribution < 1.29 is 4.79 Å². The number of amides is 1. The van der Waals surface area contributed by atoms with Crippen molar-refractivity contribution in [3.63, 3.8) is 0 Å². The number of hydrogen-bond acceptors (Lipinski definition) is 3. The molecule has 1 N–H and O–H groups in total. The maximum atomic E-state index is 12.0. The minimum absolute atomic E-state index is 0.217. The molecule has 1 heterocycles. The number of hydrogen-bond donors (Lipinski definition) is 1. The summed E-state index contributed by atoms with van der Waals surface area (Å²) in [6.45, 7) is 0. The molecular weight excluding hydrogens is 477 g/mol. The van der Waals surface area contributed by atoms with Crippen molar-refractivity contribution in [3.8, 4) is 0 Å². The molecule has 0 saturated heterocycles. The highest BCUT2D eigenvalue weighted by molar-refractivity contribution is 14.1. The number of nitrogens with zero attached hydrogens (tertiary/aromatic N) is 2. The van der Waals surface area contributed by atoms with E-state index in [1.54, 1.807) is 12.1 Å². The first kappa shape index (κ1) is 13.9. The van der Waals surface area contributed by atoms with E-state index in [-0.39, 0.29) is 5.91 Å². The van der Waals surface area contributed by atoms with Gasteiger partial charge < -0.3 is 5.32 Å². The maximum absolute atomic E-state index is 12.0. The fraction of sp³-hybridized carbons (Fsp3) is 0. The molecule has 0 bridgehead atoms. The van der Waals surface area contributed by atoms with Crippen LogP contribution in [0.5, 0.6) is 0 Å². The first-order valence-corrected chi connectivity index (χ1v) is 7.47. The fourth-order valence-corrected chi connectivity index (χ4v) is 2.69. The summed E-state index contributed by atoms with van der Waals surface area (Å²) < 4.78 is 2.08. The molecule has 0 atom stereocenters. The highest BCUT2D eigenvalue weighted by atomic mass is 127. The molecular formula is C11H6Br2IN3O. The number of nitrogens with one attached hydrogen (secondary N) is 1. The largest absolute Gasteiger partial charge is 0.304 e. The molecule has 0 aliphatic carbocycles. The van der Waals surface area contributed by atoms with Gasteiger partial charge in [-0.1, -0.05) is 6.07 Å². The zero-order valence-corrected chi connectivity index (χ0v) is 14.2. The Bertz CT molecular complexity index is 607. The lowest BCUT2D eigenvalue weighted by atomic mass is 10.2. The summed E-state index contributed by atoms with van der Waals surface area (Å²) in [5.74, 6) is 0.174. The number of carbonyl (C=O) groups is 1. The second-order valence-electron chi connectivity index (χ2n) is 3.30. The first-order chi connectivity index (χ1) is 8.56. The minimum Gasteiger partial charge on any atom is -0.304 e. The second-order valence-corrected chi connectivity index (χ2v) is 6.11. The Morgan fingerprint density at radius 1 is 1.33 bits per heavy atom. The SMILES string of the molecule is O=C(Nc1ncc(Br)nc1Br)c1cccc(I)c1. The number of halogens is 3. The van der Waals surface area contributed by atoms with Gasteiger partial charge in [0.1, 0.15) is 9.21 Å². The monoisotopic (exact) mass is 481 g/mol. The van der Waals surface area contributed by atoms with Crippen LogP contribution >= 0.6 is 54.5 Å². The molecule has 92 valence electrons. The molecule has 0 radical (unpaired) electrons. The number of rotatable bonds is 2. The van der Waals surface area contributed by atoms with Crippen molar-refractivity contribution in [2.45, 2.75) is 0 Å². The van der Waals surface area contributed by atoms with Crippen molar-refractivity contribution in [3.05, 3.63) is 48.8 Å². The van der Waals surface area contributed by atoms with E-state index in [2.05, 4.69) is 69.7 Å². The predicted molar refractivity (Wildman–Crippen MR) is 84.5 cm³/mol. The van der Waals surface area contributed by atoms with Crippen LogP contribution in [0.25, 0.3) is 0 Å². The zero-order chi connectivity index (χ0) is 13.1. The van der Waals surface area contributed by atoms with Gasteiger partial charge in [0.05, 0.1) is 6.20 Å². The lowest BCUT2D eigenvalue weighted by Crippen LogP contribution is -2.13. The van der Waals surface area contributed by atoms with Crippen molar-refractivity contribution >= 4 is 66.2 Å². The standard InChI is InChI=1S/C11H6Br2IN3O/c12-8-5-15-10(9(13)16-8)17-11(18)6-2-1-3-7(14)4-6/h1-5H,(H,15,17,18). The number of aromatic nitrogens is 2. The van der Waals surface area contributed by atoms with E-state index < -0.39 is 0 Å². The third-order valence-electron chi connectivity index (χ3n) is 2.02. The Morgan fingerprint density at radius 3 is 2.78 bits per heavy atom. The minimum atomic E-state index is -0.217. The molecule has 1 amide bonds. The summed E-state index contributed by atoms with van der Waals surface area (Å²) in [6.07, 6.45) is 1.52. The predicted octanol–water partition coefficient (Wildman–Crippen LogP) is 3.86. The van der Waals surface area contributed by atoms with Crippen LogP contribution in [0.4, 0.5) is 5.82 Å². The third-order valence-corrected chi connectivity index (χ3v) is 3.63. The molecule has 18 heavy (non-hydrogen) atoms. The van der Waals surface area contributed by atoms with Crippen molar-refractivity contribution in [1.82, 2.24) is 9.97 Å². The summed E-state index contributed by atoms with van der Waals surface area (Å²) in [5, 5.41) is 2.70. The van der Waals surface area contributed by atoms with Gasteiger partial charge in [0.15, 0.2) is 5.82 Å². The lowest BCUT2D eigenvalue weighted by molar-refractivity contribution is 0.102. The molecule has 1 aromatic heterocycles. The van der Waals surface area contributed by atoms with Gasteiger partial charge in [0.25, 0.3) is 5.91 Å². The topological polar surface area (TPSA) is 54.9 Å². The van der Waals surface area contributed by atoms with E-state index in [1.807, 2.05) is 12.1 Å². The van der Waals surface area contributed by atoms with Gasteiger partial charge in [0.2, 0.25) is 0 Å². The molecule has 0 aliphatic rings. The van der Waals surface area contributed by atoms with E-state index >= 15 is 0 Å². The average Bonchev–Trinajstić information content (AvgIpc) is 2.32. The Hall–Kier alpha value is -0.540. The maximum Gasteiger partial charge on any atom is 0.256 e. The van der Waals surface area contributed by atoms with Crippen molar-refractivity contribution in [1.29, 1.82) is 0 Å². The Morgan fingerprint density at radius 2 is 2.11 bits per heavy atom. The van der Waals surface area contributed by atoms with Gasteiger partial charge in [-0.25, -0.2) is 9.97 Å². The number of anilines is 1. The van der Waals surface area contributed by atoms with E-state index in [9.17, 15) is 4.79 Å². The van der Waals surface area contributed by atoms with Gasteiger partial charge in [-0.15, -0.1) is 0 Å². The number of benzene rings is 1. The van der Waals surface area contributed by atoms with Crippen LogP contribution < -0.4 is 5.32 Å². The quantitative estimate of drug-likeness (QED) is 0.661. The smallest absolute Gasteiger partial charge is 0.256 e. The Balaban J connectivity index is 2.21. The van der Waals surface area contributed by atoms with Crippen LogP contribution in [0.2, 0.25) is 0 Å². The Labute approximate surface area is 134 Å². The van der Waals surface area contributed by atoms with Crippen LogP contribution in [-0.4, -0.2) is 15.9 Å². The van der Waals surface area contributed by atoms with Gasteiger partial charge >= 0.3 is 0 Å². The normalized spacial score (nSPS) is 10.2. The zero-order valence-electron chi connectivity index (χ0n) is 8.82. The van der Waals surface area contributed by atoms with Gasteiger partial charge in [0, 0.05) is 9.13 Å². The van der Waals surface area contributed by atoms with Gasteiger partial charge in [-0.2, -0.15) is 0 Å². The van der Waals surface area contributed by atoms with Gasteiger partial charge in [-0.3, -0.25) is 4.79 Å².